The van der Waals surface area contributed by atoms with Crippen molar-refractivity contribution in [2.24, 2.45) is 0 Å². The van der Waals surface area contributed by atoms with Gasteiger partial charge in [0.1, 0.15) is 5.76 Å². The molecule has 1 aromatic carbocycles. The highest BCUT2D eigenvalue weighted by Gasteiger charge is 2.22. The van der Waals surface area contributed by atoms with Crippen LogP contribution in [-0.4, -0.2) is 21.1 Å². The van der Waals surface area contributed by atoms with Gasteiger partial charge in [0.25, 0.3) is 5.69 Å². The number of hydrogen-bond acceptors (Lipinski definition) is 4. The summed E-state index contributed by atoms with van der Waals surface area (Å²) in [5.41, 5.74) is 0.708. The van der Waals surface area contributed by atoms with Crippen LogP contribution in [-0.2, 0) is 4.79 Å². The number of non-ortho nitro benzene ring substituents is 1. The van der Waals surface area contributed by atoms with Crippen molar-refractivity contribution in [3.05, 3.63) is 63.4 Å². The summed E-state index contributed by atoms with van der Waals surface area (Å²) in [5.74, 6) is -1.61. The Labute approximate surface area is 108 Å². The smallest absolute Gasteiger partial charge is 0.335 e. The van der Waals surface area contributed by atoms with Gasteiger partial charge in [0.2, 0.25) is 0 Å². The van der Waals surface area contributed by atoms with Crippen LogP contribution in [0.25, 0.3) is 0 Å². The van der Waals surface area contributed by atoms with Crippen LogP contribution in [0.15, 0.2) is 47.7 Å². The second kappa shape index (κ2) is 4.93. The monoisotopic (exact) mass is 261 g/mol. The van der Waals surface area contributed by atoms with Crippen molar-refractivity contribution in [3.8, 4) is 0 Å². The summed E-state index contributed by atoms with van der Waals surface area (Å²) in [6.45, 7) is 0. The number of carboxylic acids is 1. The van der Waals surface area contributed by atoms with Gasteiger partial charge in [0.05, 0.1) is 10.5 Å². The van der Waals surface area contributed by atoms with Crippen molar-refractivity contribution in [2.45, 2.75) is 12.3 Å². The molecule has 0 heterocycles. The minimum Gasteiger partial charge on any atom is -0.507 e. The summed E-state index contributed by atoms with van der Waals surface area (Å²) in [6.07, 6.45) is 3.19. The number of hydrogen-bond donors (Lipinski definition) is 2. The first-order chi connectivity index (χ1) is 8.99. The van der Waals surface area contributed by atoms with Crippen LogP contribution in [0.4, 0.5) is 5.69 Å². The molecule has 0 aliphatic heterocycles. The maximum absolute atomic E-state index is 10.9. The topological polar surface area (TPSA) is 101 Å². The number of aliphatic carboxylic acids is 1. The third-order valence-corrected chi connectivity index (χ3v) is 3.01. The van der Waals surface area contributed by atoms with Gasteiger partial charge in [-0.2, -0.15) is 0 Å². The number of carbonyl (C=O) groups is 1. The van der Waals surface area contributed by atoms with Gasteiger partial charge < -0.3 is 10.2 Å². The average molecular weight is 261 g/mol. The Morgan fingerprint density at radius 1 is 1.32 bits per heavy atom. The lowest BCUT2D eigenvalue weighted by molar-refractivity contribution is -0.384. The van der Waals surface area contributed by atoms with Gasteiger partial charge in [-0.3, -0.25) is 10.1 Å². The summed E-state index contributed by atoms with van der Waals surface area (Å²) >= 11 is 0. The van der Waals surface area contributed by atoms with Crippen LogP contribution in [0.2, 0.25) is 0 Å². The van der Waals surface area contributed by atoms with E-state index in [2.05, 4.69) is 0 Å². The second-order valence-corrected chi connectivity index (χ2v) is 4.19. The number of aliphatic hydroxyl groups excluding tert-OH is 1. The Bertz CT molecular complexity index is 586. The molecule has 98 valence electrons. The van der Waals surface area contributed by atoms with E-state index in [9.17, 15) is 20.0 Å². The molecule has 1 unspecified atom stereocenters. The van der Waals surface area contributed by atoms with Crippen LogP contribution < -0.4 is 0 Å². The fourth-order valence-corrected chi connectivity index (χ4v) is 1.97. The Morgan fingerprint density at radius 2 is 1.95 bits per heavy atom. The predicted octanol–water partition coefficient (Wildman–Crippen LogP) is 2.54. The minimum absolute atomic E-state index is 0.0135. The van der Waals surface area contributed by atoms with Gasteiger partial charge in [-0.1, -0.05) is 18.2 Å². The van der Waals surface area contributed by atoms with Gasteiger partial charge in [-0.25, -0.2) is 4.79 Å². The summed E-state index contributed by atoms with van der Waals surface area (Å²) in [7, 11) is 0. The van der Waals surface area contributed by atoms with E-state index in [-0.39, 0.29) is 29.4 Å². The summed E-state index contributed by atoms with van der Waals surface area (Å²) in [4.78, 5) is 21.0. The molecular weight excluding hydrogens is 250 g/mol. The second-order valence-electron chi connectivity index (χ2n) is 4.19. The molecule has 2 N–H and O–H groups in total. The predicted molar refractivity (Wildman–Crippen MR) is 66.9 cm³/mol. The molecule has 6 heteroatoms. The molecule has 0 fully saturated rings. The number of nitro benzene ring substituents is 1. The molecule has 6 nitrogen and oxygen atoms in total. The van der Waals surface area contributed by atoms with E-state index in [0.717, 1.165) is 5.56 Å². The van der Waals surface area contributed by atoms with Crippen molar-refractivity contribution < 1.29 is 19.9 Å². The molecule has 1 atom stereocenters. The Morgan fingerprint density at radius 3 is 2.47 bits per heavy atom. The van der Waals surface area contributed by atoms with Crippen LogP contribution in [0.1, 0.15) is 17.9 Å². The van der Waals surface area contributed by atoms with E-state index in [1.165, 1.54) is 18.2 Å². The van der Waals surface area contributed by atoms with Gasteiger partial charge in [-0.15, -0.1) is 0 Å². The van der Waals surface area contributed by atoms with Crippen molar-refractivity contribution in [1.29, 1.82) is 0 Å². The zero-order valence-electron chi connectivity index (χ0n) is 9.81. The van der Waals surface area contributed by atoms with Crippen LogP contribution in [0, 0.1) is 10.1 Å². The van der Waals surface area contributed by atoms with E-state index in [4.69, 9.17) is 5.11 Å². The normalized spacial score (nSPS) is 18.4. The largest absolute Gasteiger partial charge is 0.507 e. The molecule has 0 radical (unpaired) electrons. The quantitative estimate of drug-likeness (QED) is 0.643. The highest BCUT2D eigenvalue weighted by atomic mass is 16.6. The van der Waals surface area contributed by atoms with Gasteiger partial charge in [-0.05, 0) is 18.1 Å². The number of nitrogens with zero attached hydrogens (tertiary/aromatic N) is 1. The number of allylic oxidation sites excluding steroid dienone is 2. The maximum Gasteiger partial charge on any atom is 0.335 e. The summed E-state index contributed by atoms with van der Waals surface area (Å²) in [6, 6.07) is 5.94. The molecule has 0 saturated heterocycles. The number of carboxylic acid groups (broad SMARTS) is 1. The van der Waals surface area contributed by atoms with Crippen molar-refractivity contribution in [2.75, 3.05) is 0 Å². The lowest BCUT2D eigenvalue weighted by atomic mass is 9.87. The van der Waals surface area contributed by atoms with E-state index in [1.807, 2.05) is 0 Å². The first-order valence-electron chi connectivity index (χ1n) is 5.57. The van der Waals surface area contributed by atoms with E-state index >= 15 is 0 Å². The molecule has 2 rings (SSSR count). The van der Waals surface area contributed by atoms with E-state index in [1.54, 1.807) is 18.2 Å². The number of nitro groups is 1. The van der Waals surface area contributed by atoms with Gasteiger partial charge in [0.15, 0.2) is 0 Å². The lowest BCUT2D eigenvalue weighted by Crippen LogP contribution is -2.11. The highest BCUT2D eigenvalue weighted by Crippen LogP contribution is 2.31. The molecule has 0 spiro atoms. The zero-order valence-corrected chi connectivity index (χ0v) is 9.81. The number of benzene rings is 1. The molecule has 0 bridgehead atoms. The van der Waals surface area contributed by atoms with Crippen LogP contribution in [0.5, 0.6) is 0 Å². The highest BCUT2D eigenvalue weighted by molar-refractivity contribution is 5.88. The first kappa shape index (κ1) is 12.8. The van der Waals surface area contributed by atoms with Gasteiger partial charge in [0, 0.05) is 18.1 Å². The average Bonchev–Trinajstić information content (AvgIpc) is 2.39. The number of rotatable bonds is 3. The first-order valence-corrected chi connectivity index (χ1v) is 5.57. The third-order valence-electron chi connectivity index (χ3n) is 3.01. The molecule has 0 amide bonds. The molecule has 19 heavy (non-hydrogen) atoms. The van der Waals surface area contributed by atoms with E-state index in [0.29, 0.717) is 0 Å². The molecule has 1 aliphatic carbocycles. The third kappa shape index (κ3) is 2.62. The van der Waals surface area contributed by atoms with Crippen LogP contribution >= 0.6 is 0 Å². The molecule has 1 aliphatic rings. The van der Waals surface area contributed by atoms with Crippen molar-refractivity contribution in [1.82, 2.24) is 0 Å². The number of aliphatic hydroxyl groups is 1. The van der Waals surface area contributed by atoms with Gasteiger partial charge >= 0.3 is 5.97 Å². The standard InChI is InChI=1S/C13H11NO5/c15-12-6-3-9(7-11(12)13(16)17)8-1-4-10(5-2-8)14(18)19/h1-6,9,15H,7H2,(H,16,17). The fraction of sp³-hybridized carbons (Fsp3) is 0.154. The summed E-state index contributed by atoms with van der Waals surface area (Å²) in [5, 5.41) is 28.9. The van der Waals surface area contributed by atoms with Crippen molar-refractivity contribution in [3.63, 3.8) is 0 Å². The Balaban J connectivity index is 2.23. The zero-order chi connectivity index (χ0) is 14.0. The van der Waals surface area contributed by atoms with E-state index < -0.39 is 10.9 Å². The lowest BCUT2D eigenvalue weighted by Gasteiger charge is -2.18. The molecule has 0 aromatic heterocycles. The molecule has 0 saturated carbocycles. The minimum atomic E-state index is -1.16. The summed E-state index contributed by atoms with van der Waals surface area (Å²) < 4.78 is 0. The Kier molecular flexibility index (Phi) is 3.33. The molecule has 1 aromatic rings. The SMILES string of the molecule is O=C(O)C1=C(O)C=CC(c2ccc([N+](=O)[O-])cc2)C1. The molecular formula is C13H11NO5. The van der Waals surface area contributed by atoms with Crippen LogP contribution in [0.3, 0.4) is 0 Å². The van der Waals surface area contributed by atoms with Crippen molar-refractivity contribution >= 4 is 11.7 Å². The maximum atomic E-state index is 10.9. The fourth-order valence-electron chi connectivity index (χ4n) is 1.97. The Hall–Kier alpha value is -2.63.